The highest BCUT2D eigenvalue weighted by molar-refractivity contribution is 8.15. The summed E-state index contributed by atoms with van der Waals surface area (Å²) in [5.74, 6) is -0.305. The van der Waals surface area contributed by atoms with Gasteiger partial charge in [-0.3, -0.25) is 14.5 Å². The first-order valence-electron chi connectivity index (χ1n) is 9.32. The average molecular weight is 430 g/mol. The fourth-order valence-corrected chi connectivity index (χ4v) is 4.65. The van der Waals surface area contributed by atoms with Crippen LogP contribution in [0.1, 0.15) is 28.7 Å². The van der Waals surface area contributed by atoms with Crippen molar-refractivity contribution < 1.29 is 9.59 Å². The van der Waals surface area contributed by atoms with Crippen LogP contribution < -0.4 is 5.32 Å². The van der Waals surface area contributed by atoms with Gasteiger partial charge in [0.25, 0.3) is 0 Å². The van der Waals surface area contributed by atoms with E-state index in [0.29, 0.717) is 10.2 Å². The number of halogens is 1. The molecule has 1 saturated heterocycles. The number of carbonyl (C=O) groups is 2. The van der Waals surface area contributed by atoms with Gasteiger partial charge in [0, 0.05) is 24.2 Å². The largest absolute Gasteiger partial charge is 0.326 e. The van der Waals surface area contributed by atoms with Crippen LogP contribution in [0.4, 0.5) is 11.4 Å². The van der Waals surface area contributed by atoms with Crippen molar-refractivity contribution in [3.05, 3.63) is 57.6 Å². The SMILES string of the molecule is Cc1cc(C)c(NC(=O)C[C@H]2SC(=Nc3cc(Cl)ccc3C)N(C)C2=O)c(C)c1. The Morgan fingerprint density at radius 2 is 1.79 bits per heavy atom. The molecular formula is C22H24ClN3O2S. The fraction of sp³-hybridized carbons (Fsp3) is 0.318. The second-order valence-corrected chi connectivity index (χ2v) is 8.96. The van der Waals surface area contributed by atoms with Crippen molar-refractivity contribution in [2.75, 3.05) is 12.4 Å². The molecule has 152 valence electrons. The normalized spacial score (nSPS) is 17.9. The van der Waals surface area contributed by atoms with Crippen LogP contribution in [0, 0.1) is 27.7 Å². The maximum atomic E-state index is 12.6. The third-order valence-electron chi connectivity index (χ3n) is 4.84. The molecule has 2 aromatic carbocycles. The topological polar surface area (TPSA) is 61.8 Å². The molecule has 29 heavy (non-hydrogen) atoms. The number of hydrogen-bond acceptors (Lipinski definition) is 4. The number of rotatable bonds is 4. The molecule has 2 amide bonds. The molecule has 0 aromatic heterocycles. The summed E-state index contributed by atoms with van der Waals surface area (Å²) in [6.45, 7) is 7.90. The second kappa shape index (κ2) is 8.59. The summed E-state index contributed by atoms with van der Waals surface area (Å²) in [6.07, 6.45) is 0.0914. The highest BCUT2D eigenvalue weighted by Crippen LogP contribution is 2.33. The molecule has 1 fully saturated rings. The van der Waals surface area contributed by atoms with E-state index in [0.717, 1.165) is 33.6 Å². The third kappa shape index (κ3) is 4.82. The summed E-state index contributed by atoms with van der Waals surface area (Å²) < 4.78 is 0. The quantitative estimate of drug-likeness (QED) is 0.729. The van der Waals surface area contributed by atoms with Gasteiger partial charge >= 0.3 is 0 Å². The Balaban J connectivity index is 1.74. The maximum absolute atomic E-state index is 12.6. The molecule has 5 nitrogen and oxygen atoms in total. The van der Waals surface area contributed by atoms with Crippen molar-refractivity contribution in [3.8, 4) is 0 Å². The number of nitrogens with one attached hydrogen (secondary N) is 1. The van der Waals surface area contributed by atoms with Crippen molar-refractivity contribution in [1.29, 1.82) is 0 Å². The molecule has 0 spiro atoms. The van der Waals surface area contributed by atoms with Crippen molar-refractivity contribution in [3.63, 3.8) is 0 Å². The second-order valence-electron chi connectivity index (χ2n) is 7.35. The highest BCUT2D eigenvalue weighted by atomic mass is 35.5. The van der Waals surface area contributed by atoms with Gasteiger partial charge in [0.1, 0.15) is 5.25 Å². The van der Waals surface area contributed by atoms with Crippen LogP contribution in [0.5, 0.6) is 0 Å². The lowest BCUT2D eigenvalue weighted by molar-refractivity contribution is -0.127. The molecule has 2 aromatic rings. The zero-order valence-corrected chi connectivity index (χ0v) is 18.7. The Morgan fingerprint density at radius 3 is 2.45 bits per heavy atom. The molecule has 0 aliphatic carbocycles. The molecule has 0 saturated carbocycles. The van der Waals surface area contributed by atoms with Crippen LogP contribution in [0.25, 0.3) is 0 Å². The van der Waals surface area contributed by atoms with E-state index in [1.54, 1.807) is 19.2 Å². The number of aryl methyl sites for hydroxylation is 4. The minimum absolute atomic E-state index is 0.0914. The van der Waals surface area contributed by atoms with Gasteiger partial charge in [-0.05, 0) is 56.5 Å². The van der Waals surface area contributed by atoms with Gasteiger partial charge in [-0.1, -0.05) is 47.1 Å². The Bertz CT molecular complexity index is 996. The summed E-state index contributed by atoms with van der Waals surface area (Å²) in [5, 5.41) is 3.63. The lowest BCUT2D eigenvalue weighted by Crippen LogP contribution is -2.30. The van der Waals surface area contributed by atoms with Crippen LogP contribution in [0.3, 0.4) is 0 Å². The van der Waals surface area contributed by atoms with Gasteiger partial charge in [0.15, 0.2) is 5.17 Å². The standard InChI is InChI=1S/C22H24ClN3O2S/c1-12-8-14(3)20(15(4)9-12)25-19(27)11-18-21(28)26(5)22(29-18)24-17-10-16(23)7-6-13(17)2/h6-10,18H,11H2,1-5H3,(H,25,27)/t18-/m1/s1. The molecule has 0 radical (unpaired) electrons. The lowest BCUT2D eigenvalue weighted by atomic mass is 10.0. The van der Waals surface area contributed by atoms with Crippen molar-refractivity contribution in [1.82, 2.24) is 4.90 Å². The molecule has 0 unspecified atom stereocenters. The molecule has 1 heterocycles. The van der Waals surface area contributed by atoms with Crippen LogP contribution in [-0.4, -0.2) is 34.2 Å². The van der Waals surface area contributed by atoms with E-state index in [9.17, 15) is 9.59 Å². The van der Waals surface area contributed by atoms with E-state index in [4.69, 9.17) is 11.6 Å². The predicted octanol–water partition coefficient (Wildman–Crippen LogP) is 5.16. The summed E-state index contributed by atoms with van der Waals surface area (Å²) >= 11 is 7.38. The van der Waals surface area contributed by atoms with Gasteiger partial charge in [0.2, 0.25) is 11.8 Å². The number of thioether (sulfide) groups is 1. The first-order valence-corrected chi connectivity index (χ1v) is 10.6. The Kier molecular flexibility index (Phi) is 6.34. The number of aliphatic imine (C=N–C) groups is 1. The van der Waals surface area contributed by atoms with Gasteiger partial charge in [-0.2, -0.15) is 0 Å². The molecule has 1 atom stereocenters. The van der Waals surface area contributed by atoms with E-state index < -0.39 is 5.25 Å². The van der Waals surface area contributed by atoms with Crippen LogP contribution in [0.15, 0.2) is 35.3 Å². The minimum atomic E-state index is -0.496. The summed E-state index contributed by atoms with van der Waals surface area (Å²) in [4.78, 5) is 31.4. The summed E-state index contributed by atoms with van der Waals surface area (Å²) in [7, 11) is 1.68. The number of anilines is 1. The summed E-state index contributed by atoms with van der Waals surface area (Å²) in [5.41, 5.74) is 5.67. The Hall–Kier alpha value is -2.31. The zero-order chi connectivity index (χ0) is 21.3. The molecule has 1 aliphatic heterocycles. The monoisotopic (exact) mass is 429 g/mol. The smallest absolute Gasteiger partial charge is 0.242 e. The van der Waals surface area contributed by atoms with Crippen LogP contribution in [-0.2, 0) is 9.59 Å². The first kappa shape index (κ1) is 21.4. The van der Waals surface area contributed by atoms with Crippen molar-refractivity contribution >= 4 is 51.7 Å². The van der Waals surface area contributed by atoms with Gasteiger partial charge in [-0.15, -0.1) is 0 Å². The molecular weight excluding hydrogens is 406 g/mol. The molecule has 7 heteroatoms. The number of amides is 2. The molecule has 3 rings (SSSR count). The number of hydrogen-bond donors (Lipinski definition) is 1. The van der Waals surface area contributed by atoms with E-state index in [2.05, 4.69) is 10.3 Å². The number of benzene rings is 2. The molecule has 1 aliphatic rings. The minimum Gasteiger partial charge on any atom is -0.326 e. The van der Waals surface area contributed by atoms with Crippen molar-refractivity contribution in [2.24, 2.45) is 4.99 Å². The van der Waals surface area contributed by atoms with Crippen molar-refractivity contribution in [2.45, 2.75) is 39.4 Å². The lowest BCUT2D eigenvalue weighted by Gasteiger charge is -2.14. The fourth-order valence-electron chi connectivity index (χ4n) is 3.34. The predicted molar refractivity (Wildman–Crippen MR) is 121 cm³/mol. The zero-order valence-electron chi connectivity index (χ0n) is 17.2. The highest BCUT2D eigenvalue weighted by Gasteiger charge is 2.37. The number of nitrogens with zero attached hydrogens (tertiary/aromatic N) is 2. The van der Waals surface area contributed by atoms with Crippen LogP contribution in [0.2, 0.25) is 5.02 Å². The Morgan fingerprint density at radius 1 is 1.14 bits per heavy atom. The molecule has 1 N–H and O–H groups in total. The number of amidine groups is 1. The van der Waals surface area contributed by atoms with Gasteiger partial charge in [0.05, 0.1) is 5.69 Å². The number of carbonyl (C=O) groups excluding carboxylic acids is 2. The van der Waals surface area contributed by atoms with Gasteiger partial charge in [-0.25, -0.2) is 4.99 Å². The maximum Gasteiger partial charge on any atom is 0.242 e. The van der Waals surface area contributed by atoms with Crippen LogP contribution >= 0.6 is 23.4 Å². The molecule has 0 bridgehead atoms. The summed E-state index contributed by atoms with van der Waals surface area (Å²) in [6, 6.07) is 9.53. The van der Waals surface area contributed by atoms with Gasteiger partial charge < -0.3 is 5.32 Å². The van der Waals surface area contributed by atoms with E-state index in [1.807, 2.05) is 45.9 Å². The average Bonchev–Trinajstić information content (AvgIpc) is 2.89. The first-order chi connectivity index (χ1) is 13.7. The van der Waals surface area contributed by atoms with E-state index in [1.165, 1.54) is 16.7 Å². The third-order valence-corrected chi connectivity index (χ3v) is 6.30. The van der Waals surface area contributed by atoms with E-state index in [-0.39, 0.29) is 18.2 Å². The Labute approximate surface area is 180 Å². The van der Waals surface area contributed by atoms with E-state index >= 15 is 0 Å².